The van der Waals surface area contributed by atoms with Crippen LogP contribution in [0.1, 0.15) is 39.5 Å². The van der Waals surface area contributed by atoms with Crippen molar-refractivity contribution in [2.45, 2.75) is 51.7 Å². The highest BCUT2D eigenvalue weighted by Gasteiger charge is 2.56. The highest BCUT2D eigenvalue weighted by molar-refractivity contribution is 5.85. The summed E-state index contributed by atoms with van der Waals surface area (Å²) < 4.78 is 11.4. The van der Waals surface area contributed by atoms with E-state index in [1.54, 1.807) is 0 Å². The molecule has 4 fully saturated rings. The van der Waals surface area contributed by atoms with Crippen LogP contribution in [0, 0.1) is 23.7 Å². The van der Waals surface area contributed by atoms with Gasteiger partial charge >= 0.3 is 5.97 Å². The first-order chi connectivity index (χ1) is 9.11. The van der Waals surface area contributed by atoms with Crippen LogP contribution < -0.4 is 0 Å². The van der Waals surface area contributed by atoms with Crippen LogP contribution in [0.5, 0.6) is 0 Å². The van der Waals surface area contributed by atoms with Gasteiger partial charge in [0, 0.05) is 11.8 Å². The van der Waals surface area contributed by atoms with Gasteiger partial charge < -0.3 is 9.47 Å². The molecule has 3 saturated carbocycles. The smallest absolute Gasteiger partial charge is 0.308 e. The summed E-state index contributed by atoms with van der Waals surface area (Å²) in [5.74, 6) is 0.793. The molecule has 1 heterocycles. The molecule has 0 spiro atoms. The van der Waals surface area contributed by atoms with Crippen LogP contribution in [0.4, 0.5) is 0 Å². The third kappa shape index (κ3) is 2.10. The molecule has 1 aliphatic heterocycles. The number of carbonyl (C=O) groups is 2. The highest BCUT2D eigenvalue weighted by atomic mass is 16.5. The molecule has 2 bridgehead atoms. The topological polar surface area (TPSA) is 52.6 Å². The largest absolute Gasteiger partial charge is 0.462 e. The fourth-order valence-corrected chi connectivity index (χ4v) is 3.94. The molecule has 6 unspecified atom stereocenters. The molecule has 0 aromatic heterocycles. The van der Waals surface area contributed by atoms with E-state index in [1.165, 1.54) is 0 Å². The quantitative estimate of drug-likeness (QED) is 0.733. The van der Waals surface area contributed by atoms with Gasteiger partial charge in [0.1, 0.15) is 12.7 Å². The number of rotatable bonds is 3. The van der Waals surface area contributed by atoms with E-state index >= 15 is 0 Å². The van der Waals surface area contributed by atoms with Gasteiger partial charge in [0.25, 0.3) is 0 Å². The zero-order chi connectivity index (χ0) is 13.6. The number of ketones is 1. The molecule has 106 valence electrons. The van der Waals surface area contributed by atoms with E-state index in [0.29, 0.717) is 5.92 Å². The molecule has 0 N–H and O–H groups in total. The van der Waals surface area contributed by atoms with Crippen LogP contribution in [0.3, 0.4) is 0 Å². The zero-order valence-electron chi connectivity index (χ0n) is 11.6. The van der Waals surface area contributed by atoms with E-state index in [0.717, 1.165) is 25.7 Å². The minimum atomic E-state index is -0.0964. The normalized spacial score (nSPS) is 42.0. The third-order valence-electron chi connectivity index (χ3n) is 5.24. The highest BCUT2D eigenvalue weighted by Crippen LogP contribution is 2.50. The molecule has 6 atom stereocenters. The third-order valence-corrected chi connectivity index (χ3v) is 5.24. The van der Waals surface area contributed by atoms with Crippen LogP contribution in [0.2, 0.25) is 0 Å². The minimum absolute atomic E-state index is 0.00901. The Morgan fingerprint density at radius 3 is 3.00 bits per heavy atom. The van der Waals surface area contributed by atoms with Crippen LogP contribution in [0.15, 0.2) is 0 Å². The van der Waals surface area contributed by atoms with Gasteiger partial charge in [-0.1, -0.05) is 13.8 Å². The molecule has 3 aliphatic carbocycles. The molecule has 1 saturated heterocycles. The number of hydrogen-bond donors (Lipinski definition) is 0. The Labute approximate surface area is 113 Å². The summed E-state index contributed by atoms with van der Waals surface area (Å²) in [6.45, 7) is 4.16. The van der Waals surface area contributed by atoms with E-state index < -0.39 is 0 Å². The van der Waals surface area contributed by atoms with Gasteiger partial charge in [-0.25, -0.2) is 0 Å². The van der Waals surface area contributed by atoms with Gasteiger partial charge in [0.15, 0.2) is 5.78 Å². The van der Waals surface area contributed by atoms with E-state index in [1.807, 2.05) is 13.8 Å². The molecule has 4 heteroatoms. The summed E-state index contributed by atoms with van der Waals surface area (Å²) >= 11 is 0. The number of fused-ring (bicyclic) bond motifs is 2. The molecular weight excluding hydrogens is 244 g/mol. The van der Waals surface area contributed by atoms with E-state index in [-0.39, 0.29) is 48.3 Å². The van der Waals surface area contributed by atoms with Crippen molar-refractivity contribution in [1.82, 2.24) is 0 Å². The second-order valence-corrected chi connectivity index (χ2v) is 6.29. The van der Waals surface area contributed by atoms with Crippen molar-refractivity contribution in [2.24, 2.45) is 23.7 Å². The molecule has 4 nitrogen and oxygen atoms in total. The molecule has 4 aliphatic rings. The average Bonchev–Trinajstić information content (AvgIpc) is 2.82. The van der Waals surface area contributed by atoms with Crippen molar-refractivity contribution >= 4 is 11.8 Å². The van der Waals surface area contributed by atoms with E-state index in [9.17, 15) is 9.59 Å². The number of hydrogen-bond acceptors (Lipinski definition) is 4. The summed E-state index contributed by atoms with van der Waals surface area (Å²) in [6.07, 6.45) is 3.74. The SMILES string of the molecule is CCC(C)C(=O)OC1CC2CCC1C1OCC(=O)C21. The first-order valence-corrected chi connectivity index (χ1v) is 7.46. The van der Waals surface area contributed by atoms with Crippen molar-refractivity contribution in [2.75, 3.05) is 6.61 Å². The van der Waals surface area contributed by atoms with Crippen molar-refractivity contribution in [3.63, 3.8) is 0 Å². The van der Waals surface area contributed by atoms with Gasteiger partial charge in [0.2, 0.25) is 0 Å². The summed E-state index contributed by atoms with van der Waals surface area (Å²) in [5.41, 5.74) is 0. The first-order valence-electron chi connectivity index (χ1n) is 7.46. The zero-order valence-corrected chi connectivity index (χ0v) is 11.6. The van der Waals surface area contributed by atoms with Crippen LogP contribution in [-0.4, -0.2) is 30.6 Å². The number of ether oxygens (including phenoxy) is 2. The van der Waals surface area contributed by atoms with Crippen LogP contribution >= 0.6 is 0 Å². The Bertz CT molecular complexity index is 392. The summed E-state index contributed by atoms with van der Waals surface area (Å²) in [7, 11) is 0. The molecule has 0 amide bonds. The predicted octanol–water partition coefficient (Wildman–Crippen LogP) is 1.96. The maximum Gasteiger partial charge on any atom is 0.308 e. The number of esters is 1. The number of Topliss-reactive ketones (excluding diaryl/α,β-unsaturated/α-hetero) is 1. The number of carbonyl (C=O) groups excluding carboxylic acids is 2. The molecule has 0 radical (unpaired) electrons. The Hall–Kier alpha value is -0.900. The van der Waals surface area contributed by atoms with Crippen molar-refractivity contribution < 1.29 is 19.1 Å². The van der Waals surface area contributed by atoms with E-state index in [4.69, 9.17) is 9.47 Å². The van der Waals surface area contributed by atoms with Crippen molar-refractivity contribution in [3.05, 3.63) is 0 Å². The lowest BCUT2D eigenvalue weighted by atomic mass is 9.61. The van der Waals surface area contributed by atoms with Crippen LogP contribution in [-0.2, 0) is 19.1 Å². The Balaban J connectivity index is 1.70. The summed E-state index contributed by atoms with van der Waals surface area (Å²) in [5, 5.41) is 0. The van der Waals surface area contributed by atoms with Crippen molar-refractivity contribution in [3.8, 4) is 0 Å². The molecule has 4 rings (SSSR count). The molecule has 19 heavy (non-hydrogen) atoms. The van der Waals surface area contributed by atoms with Gasteiger partial charge in [0.05, 0.1) is 12.0 Å². The lowest BCUT2D eigenvalue weighted by Crippen LogP contribution is -2.52. The van der Waals surface area contributed by atoms with Gasteiger partial charge in [-0.05, 0) is 31.6 Å². The average molecular weight is 266 g/mol. The standard InChI is InChI=1S/C15H22O4/c1-3-8(2)15(17)19-12-6-9-4-5-10(12)14-13(9)11(16)7-18-14/h8-10,12-14H,3-7H2,1-2H3. The van der Waals surface area contributed by atoms with Gasteiger partial charge in [-0.2, -0.15) is 0 Å². The Kier molecular flexibility index (Phi) is 3.37. The second kappa shape index (κ2) is 4.89. The molecular formula is C15H22O4. The lowest BCUT2D eigenvalue weighted by molar-refractivity contribution is -0.173. The second-order valence-electron chi connectivity index (χ2n) is 6.29. The fraction of sp³-hybridized carbons (Fsp3) is 0.867. The minimum Gasteiger partial charge on any atom is -0.462 e. The van der Waals surface area contributed by atoms with Gasteiger partial charge in [-0.15, -0.1) is 0 Å². The first kappa shape index (κ1) is 13.1. The molecule has 0 aromatic rings. The lowest BCUT2D eigenvalue weighted by Gasteiger charge is -2.47. The monoisotopic (exact) mass is 266 g/mol. The maximum absolute atomic E-state index is 11.9. The van der Waals surface area contributed by atoms with Crippen LogP contribution in [0.25, 0.3) is 0 Å². The van der Waals surface area contributed by atoms with Crippen molar-refractivity contribution in [1.29, 1.82) is 0 Å². The maximum atomic E-state index is 11.9. The molecule has 0 aromatic carbocycles. The Morgan fingerprint density at radius 1 is 1.47 bits per heavy atom. The predicted molar refractivity (Wildman–Crippen MR) is 68.4 cm³/mol. The Morgan fingerprint density at radius 2 is 2.26 bits per heavy atom. The summed E-state index contributed by atoms with van der Waals surface area (Å²) in [6, 6.07) is 0. The fourth-order valence-electron chi connectivity index (χ4n) is 3.94. The van der Waals surface area contributed by atoms with E-state index in [2.05, 4.69) is 0 Å². The summed E-state index contributed by atoms with van der Waals surface area (Å²) in [4.78, 5) is 23.8. The van der Waals surface area contributed by atoms with Gasteiger partial charge in [-0.3, -0.25) is 9.59 Å².